The van der Waals surface area contributed by atoms with Gasteiger partial charge in [-0.05, 0) is 31.2 Å². The summed E-state index contributed by atoms with van der Waals surface area (Å²) in [6.07, 6.45) is 7.84. The van der Waals surface area contributed by atoms with E-state index in [4.69, 9.17) is 4.74 Å². The van der Waals surface area contributed by atoms with Gasteiger partial charge in [-0.3, -0.25) is 9.89 Å². The van der Waals surface area contributed by atoms with Crippen molar-refractivity contribution in [1.29, 1.82) is 0 Å². The summed E-state index contributed by atoms with van der Waals surface area (Å²) in [6, 6.07) is 1.90. The van der Waals surface area contributed by atoms with E-state index in [1.165, 1.54) is 25.6 Å². The molecular formula is C17H23N5O2. The first kappa shape index (κ1) is 15.4. The summed E-state index contributed by atoms with van der Waals surface area (Å²) in [7, 11) is 1.85. The summed E-state index contributed by atoms with van der Waals surface area (Å²) in [6.45, 7) is 1.25. The summed E-state index contributed by atoms with van der Waals surface area (Å²) in [5, 5.41) is 6.86. The fourth-order valence-electron chi connectivity index (χ4n) is 3.70. The third kappa shape index (κ3) is 2.73. The van der Waals surface area contributed by atoms with Crippen LogP contribution in [0, 0.1) is 0 Å². The highest BCUT2D eigenvalue weighted by molar-refractivity contribution is 5.95. The Morgan fingerprint density at radius 2 is 2.29 bits per heavy atom. The molecule has 1 aliphatic heterocycles. The minimum Gasteiger partial charge on any atom is -0.376 e. The zero-order valence-electron chi connectivity index (χ0n) is 13.9. The molecule has 1 saturated heterocycles. The first-order valence-corrected chi connectivity index (χ1v) is 8.63. The Bertz CT molecular complexity index is 692. The van der Waals surface area contributed by atoms with E-state index in [9.17, 15) is 4.79 Å². The molecule has 1 aliphatic carbocycles. The number of nitrogens with one attached hydrogen (secondary N) is 2. The molecule has 1 saturated carbocycles. The summed E-state index contributed by atoms with van der Waals surface area (Å²) in [5.41, 5.74) is 1.90. The Labute approximate surface area is 140 Å². The molecule has 0 spiro atoms. The van der Waals surface area contributed by atoms with Gasteiger partial charge in [0.15, 0.2) is 0 Å². The number of hydrogen-bond acceptors (Lipinski definition) is 4. The molecule has 2 fully saturated rings. The topological polar surface area (TPSA) is 86.9 Å². The molecule has 4 rings (SSSR count). The number of hydrogen-bond donors (Lipinski definition) is 2. The van der Waals surface area contributed by atoms with Crippen LogP contribution < -0.4 is 0 Å². The molecule has 0 bridgehead atoms. The smallest absolute Gasteiger partial charge is 0.255 e. The molecule has 7 nitrogen and oxygen atoms in total. The largest absolute Gasteiger partial charge is 0.376 e. The van der Waals surface area contributed by atoms with Gasteiger partial charge in [-0.25, -0.2) is 4.98 Å². The van der Waals surface area contributed by atoms with Crippen molar-refractivity contribution in [3.05, 3.63) is 35.7 Å². The number of likely N-dealkylation sites (N-methyl/N-ethyl adjacent to an activating group) is 1. The van der Waals surface area contributed by atoms with Crippen LogP contribution in [0.2, 0.25) is 0 Å². The van der Waals surface area contributed by atoms with E-state index in [1.54, 1.807) is 4.90 Å². The molecule has 2 atom stereocenters. The van der Waals surface area contributed by atoms with Gasteiger partial charge in [-0.2, -0.15) is 5.10 Å². The van der Waals surface area contributed by atoms with E-state index in [2.05, 4.69) is 20.2 Å². The predicted molar refractivity (Wildman–Crippen MR) is 87.8 cm³/mol. The highest BCUT2D eigenvalue weighted by Gasteiger charge is 2.34. The van der Waals surface area contributed by atoms with E-state index in [-0.39, 0.29) is 17.9 Å². The van der Waals surface area contributed by atoms with Crippen molar-refractivity contribution in [1.82, 2.24) is 25.1 Å². The number of rotatable bonds is 5. The van der Waals surface area contributed by atoms with E-state index in [1.807, 2.05) is 19.3 Å². The predicted octanol–water partition coefficient (Wildman–Crippen LogP) is 2.04. The second-order valence-corrected chi connectivity index (χ2v) is 6.79. The highest BCUT2D eigenvalue weighted by Crippen LogP contribution is 2.37. The molecule has 0 aromatic carbocycles. The number of ether oxygens (including phenoxy) is 1. The van der Waals surface area contributed by atoms with E-state index < -0.39 is 0 Å². The summed E-state index contributed by atoms with van der Waals surface area (Å²) < 4.78 is 5.85. The van der Waals surface area contributed by atoms with Crippen LogP contribution >= 0.6 is 0 Å². The molecule has 7 heteroatoms. The molecule has 2 N–H and O–H groups in total. The molecular weight excluding hydrogens is 306 g/mol. The van der Waals surface area contributed by atoms with Gasteiger partial charge in [-0.1, -0.05) is 6.42 Å². The zero-order valence-corrected chi connectivity index (χ0v) is 13.9. The van der Waals surface area contributed by atoms with Crippen LogP contribution in [0.25, 0.3) is 0 Å². The summed E-state index contributed by atoms with van der Waals surface area (Å²) in [4.78, 5) is 22.2. The van der Waals surface area contributed by atoms with Crippen molar-refractivity contribution >= 4 is 5.91 Å². The standard InChI is InChI=1S/C17H23N5O2/c1-22(9-14-12(6-8-24-14)16-19-10-20-21-16)17(23)13-5-7-18-15(13)11-3-2-4-11/h5,7,10-12,14,18H,2-4,6,8-9H2,1H3,(H,19,20,21)/t12-,14-/m1/s1. The second kappa shape index (κ2) is 6.39. The van der Waals surface area contributed by atoms with Crippen LogP contribution in [0.5, 0.6) is 0 Å². The Morgan fingerprint density at radius 3 is 3.00 bits per heavy atom. The van der Waals surface area contributed by atoms with Crippen LogP contribution in [0.1, 0.15) is 59.4 Å². The molecule has 0 unspecified atom stereocenters. The lowest BCUT2D eigenvalue weighted by Crippen LogP contribution is -2.37. The minimum absolute atomic E-state index is 0.0435. The van der Waals surface area contributed by atoms with E-state index >= 15 is 0 Å². The summed E-state index contributed by atoms with van der Waals surface area (Å²) in [5.74, 6) is 1.58. The van der Waals surface area contributed by atoms with Crippen LogP contribution in [0.3, 0.4) is 0 Å². The highest BCUT2D eigenvalue weighted by atomic mass is 16.5. The van der Waals surface area contributed by atoms with Crippen LogP contribution in [-0.2, 0) is 4.74 Å². The van der Waals surface area contributed by atoms with Crippen molar-refractivity contribution in [2.45, 2.75) is 43.6 Å². The number of carbonyl (C=O) groups is 1. The van der Waals surface area contributed by atoms with Crippen molar-refractivity contribution in [2.75, 3.05) is 20.2 Å². The lowest BCUT2D eigenvalue weighted by molar-refractivity contribution is 0.0548. The Kier molecular flexibility index (Phi) is 4.10. The Hall–Kier alpha value is -2.15. The molecule has 24 heavy (non-hydrogen) atoms. The third-order valence-corrected chi connectivity index (χ3v) is 5.32. The van der Waals surface area contributed by atoms with Crippen molar-refractivity contribution in [2.24, 2.45) is 0 Å². The Morgan fingerprint density at radius 1 is 1.42 bits per heavy atom. The van der Waals surface area contributed by atoms with E-state index in [0.29, 0.717) is 19.1 Å². The minimum atomic E-state index is -0.0435. The first-order chi connectivity index (χ1) is 11.7. The quantitative estimate of drug-likeness (QED) is 0.879. The number of aromatic nitrogens is 4. The lowest BCUT2D eigenvalue weighted by atomic mass is 9.81. The fourth-order valence-corrected chi connectivity index (χ4v) is 3.70. The van der Waals surface area contributed by atoms with Gasteiger partial charge in [0.1, 0.15) is 12.2 Å². The number of H-pyrrole nitrogens is 2. The number of aromatic amines is 2. The number of nitrogens with zero attached hydrogens (tertiary/aromatic N) is 3. The zero-order chi connectivity index (χ0) is 16.5. The Balaban J connectivity index is 1.45. The SMILES string of the molecule is CN(C[C@H]1OCC[C@H]1c1ncn[nH]1)C(=O)c1cc[nH]c1C1CCC1. The third-order valence-electron chi connectivity index (χ3n) is 5.32. The average molecular weight is 329 g/mol. The van der Waals surface area contributed by atoms with Gasteiger partial charge < -0.3 is 14.6 Å². The molecule has 2 aromatic rings. The molecule has 3 heterocycles. The average Bonchev–Trinajstić information content (AvgIpc) is 3.25. The summed E-state index contributed by atoms with van der Waals surface area (Å²) >= 11 is 0. The van der Waals surface area contributed by atoms with Crippen LogP contribution in [-0.4, -0.2) is 57.3 Å². The maximum absolute atomic E-state index is 12.9. The number of amides is 1. The van der Waals surface area contributed by atoms with Gasteiger partial charge in [0.2, 0.25) is 0 Å². The van der Waals surface area contributed by atoms with Crippen LogP contribution in [0.4, 0.5) is 0 Å². The first-order valence-electron chi connectivity index (χ1n) is 8.63. The molecule has 2 aliphatic rings. The molecule has 1 amide bonds. The fraction of sp³-hybridized carbons (Fsp3) is 0.588. The lowest BCUT2D eigenvalue weighted by Gasteiger charge is -2.28. The maximum Gasteiger partial charge on any atom is 0.255 e. The van der Waals surface area contributed by atoms with Gasteiger partial charge in [-0.15, -0.1) is 0 Å². The van der Waals surface area contributed by atoms with Crippen molar-refractivity contribution in [3.8, 4) is 0 Å². The normalized spacial score (nSPS) is 24.0. The van der Waals surface area contributed by atoms with Crippen molar-refractivity contribution in [3.63, 3.8) is 0 Å². The molecule has 128 valence electrons. The van der Waals surface area contributed by atoms with Crippen molar-refractivity contribution < 1.29 is 9.53 Å². The van der Waals surface area contributed by atoms with Gasteiger partial charge >= 0.3 is 0 Å². The van der Waals surface area contributed by atoms with Crippen LogP contribution in [0.15, 0.2) is 18.6 Å². The van der Waals surface area contributed by atoms with E-state index in [0.717, 1.165) is 23.5 Å². The maximum atomic E-state index is 12.9. The number of carbonyl (C=O) groups excluding carboxylic acids is 1. The second-order valence-electron chi connectivity index (χ2n) is 6.79. The molecule has 2 aromatic heterocycles. The monoisotopic (exact) mass is 329 g/mol. The van der Waals surface area contributed by atoms with Gasteiger partial charge in [0.05, 0.1) is 11.7 Å². The van der Waals surface area contributed by atoms with Gasteiger partial charge in [0.25, 0.3) is 5.91 Å². The van der Waals surface area contributed by atoms with Gasteiger partial charge in [0, 0.05) is 38.0 Å². The molecule has 0 radical (unpaired) electrons.